The van der Waals surface area contributed by atoms with Gasteiger partial charge in [0.2, 0.25) is 10.0 Å². The second-order valence-corrected chi connectivity index (χ2v) is 6.67. The average molecular weight is 378 g/mol. The molecule has 10 heteroatoms. The molecular weight excluding hydrogens is 362 g/mol. The minimum Gasteiger partial charge on any atom is -0.452 e. The van der Waals surface area contributed by atoms with Crippen molar-refractivity contribution >= 4 is 26.0 Å². The molecule has 116 valence electrons. The molecular formula is C11H16BrN5O3S. The Labute approximate surface area is 130 Å². The monoisotopic (exact) mass is 377 g/mol. The van der Waals surface area contributed by atoms with Crippen LogP contribution >= 0.6 is 15.9 Å². The molecule has 2 rings (SSSR count). The summed E-state index contributed by atoms with van der Waals surface area (Å²) >= 11 is 3.13. The number of aromatic nitrogens is 3. The van der Waals surface area contributed by atoms with Crippen molar-refractivity contribution in [3.63, 3.8) is 0 Å². The summed E-state index contributed by atoms with van der Waals surface area (Å²) in [4.78, 5) is 4.02. The molecule has 0 bridgehead atoms. The molecule has 0 unspecified atom stereocenters. The summed E-state index contributed by atoms with van der Waals surface area (Å²) in [6.45, 7) is 3.43. The second kappa shape index (κ2) is 7.16. The lowest BCUT2D eigenvalue weighted by molar-refractivity contribution is 0.464. The van der Waals surface area contributed by atoms with Gasteiger partial charge in [0.15, 0.2) is 4.67 Å². The van der Waals surface area contributed by atoms with Gasteiger partial charge in [0, 0.05) is 19.0 Å². The van der Waals surface area contributed by atoms with Gasteiger partial charge < -0.3 is 9.73 Å². The van der Waals surface area contributed by atoms with E-state index in [4.69, 9.17) is 4.42 Å². The highest BCUT2D eigenvalue weighted by Crippen LogP contribution is 2.25. The molecule has 0 aliphatic carbocycles. The average Bonchev–Trinajstić information content (AvgIpc) is 3.06. The number of halogens is 1. The zero-order valence-corrected chi connectivity index (χ0v) is 13.8. The van der Waals surface area contributed by atoms with Gasteiger partial charge in [-0.2, -0.15) is 5.10 Å². The maximum absolute atomic E-state index is 12.2. The van der Waals surface area contributed by atoms with E-state index in [0.29, 0.717) is 24.6 Å². The molecule has 3 N–H and O–H groups in total. The van der Waals surface area contributed by atoms with Gasteiger partial charge in [0.05, 0.1) is 6.54 Å². The van der Waals surface area contributed by atoms with Crippen LogP contribution in [-0.4, -0.2) is 36.7 Å². The highest BCUT2D eigenvalue weighted by Gasteiger charge is 2.22. The van der Waals surface area contributed by atoms with Crippen molar-refractivity contribution < 1.29 is 12.8 Å². The van der Waals surface area contributed by atoms with Gasteiger partial charge in [-0.3, -0.25) is 5.10 Å². The number of hydrogen-bond donors (Lipinski definition) is 3. The summed E-state index contributed by atoms with van der Waals surface area (Å²) in [6, 6.07) is 1.50. The first-order valence-electron chi connectivity index (χ1n) is 6.35. The zero-order chi connectivity index (χ0) is 15.3. The lowest BCUT2D eigenvalue weighted by Gasteiger charge is -2.03. The van der Waals surface area contributed by atoms with E-state index in [1.54, 1.807) is 0 Å². The van der Waals surface area contributed by atoms with Gasteiger partial charge in [0.25, 0.3) is 0 Å². The highest BCUT2D eigenvalue weighted by molar-refractivity contribution is 9.10. The Hall–Kier alpha value is -1.23. The van der Waals surface area contributed by atoms with Crippen molar-refractivity contribution in [3.8, 4) is 0 Å². The number of aromatic amines is 1. The third kappa shape index (κ3) is 4.37. The molecule has 0 fully saturated rings. The molecule has 2 aromatic heterocycles. The van der Waals surface area contributed by atoms with Crippen LogP contribution in [0, 0.1) is 0 Å². The summed E-state index contributed by atoms with van der Waals surface area (Å²) in [5, 5.41) is 9.44. The van der Waals surface area contributed by atoms with Gasteiger partial charge >= 0.3 is 0 Å². The van der Waals surface area contributed by atoms with Gasteiger partial charge in [-0.15, -0.1) is 0 Å². The number of H-pyrrole nitrogens is 1. The quantitative estimate of drug-likeness (QED) is 0.626. The van der Waals surface area contributed by atoms with E-state index in [1.165, 1.54) is 12.4 Å². The van der Waals surface area contributed by atoms with Crippen molar-refractivity contribution in [2.75, 3.05) is 13.1 Å². The Kier molecular flexibility index (Phi) is 5.51. The van der Waals surface area contributed by atoms with Crippen LogP contribution in [0.3, 0.4) is 0 Å². The van der Waals surface area contributed by atoms with E-state index in [0.717, 1.165) is 6.54 Å². The highest BCUT2D eigenvalue weighted by atomic mass is 79.9. The topological polar surface area (TPSA) is 113 Å². The minimum absolute atomic E-state index is 0.0907. The molecule has 0 atom stereocenters. The Morgan fingerprint density at radius 3 is 2.95 bits per heavy atom. The molecule has 0 spiro atoms. The van der Waals surface area contributed by atoms with Crippen LogP contribution in [0.15, 0.2) is 26.4 Å². The minimum atomic E-state index is -3.63. The largest absolute Gasteiger partial charge is 0.452 e. The van der Waals surface area contributed by atoms with Crippen LogP contribution in [0.1, 0.15) is 18.5 Å². The maximum atomic E-state index is 12.2. The lowest BCUT2D eigenvalue weighted by atomic mass is 10.4. The fraction of sp³-hybridized carbons (Fsp3) is 0.455. The molecule has 0 amide bonds. The van der Waals surface area contributed by atoms with Gasteiger partial charge in [-0.05, 0) is 22.5 Å². The molecule has 0 radical (unpaired) electrons. The van der Waals surface area contributed by atoms with E-state index >= 15 is 0 Å². The van der Waals surface area contributed by atoms with Crippen molar-refractivity contribution in [1.82, 2.24) is 25.2 Å². The summed E-state index contributed by atoms with van der Waals surface area (Å²) in [7, 11) is -3.63. The number of nitrogens with zero attached hydrogens (tertiary/aromatic N) is 2. The number of furan rings is 1. The molecule has 2 aromatic rings. The van der Waals surface area contributed by atoms with Gasteiger partial charge in [-0.25, -0.2) is 18.1 Å². The molecule has 2 heterocycles. The number of rotatable bonds is 8. The first kappa shape index (κ1) is 16.1. The number of hydrogen-bond acceptors (Lipinski definition) is 6. The normalized spacial score (nSPS) is 11.9. The Morgan fingerprint density at radius 2 is 2.29 bits per heavy atom. The van der Waals surface area contributed by atoms with Gasteiger partial charge in [-0.1, -0.05) is 6.92 Å². The SMILES string of the molecule is CCNCc1cc(S(=O)(=O)NCCc2ncn[nH]2)c(Br)o1. The molecule has 8 nitrogen and oxygen atoms in total. The summed E-state index contributed by atoms with van der Waals surface area (Å²) in [5.74, 6) is 1.18. The predicted octanol–water partition coefficient (Wildman–Crippen LogP) is 0.791. The fourth-order valence-corrected chi connectivity index (χ4v) is 3.68. The van der Waals surface area contributed by atoms with E-state index in [-0.39, 0.29) is 16.1 Å². The van der Waals surface area contributed by atoms with Crippen molar-refractivity contribution in [1.29, 1.82) is 0 Å². The summed E-state index contributed by atoms with van der Waals surface area (Å²) in [6.07, 6.45) is 1.81. The van der Waals surface area contributed by atoms with Crippen LogP contribution in [-0.2, 0) is 23.0 Å². The lowest BCUT2D eigenvalue weighted by Crippen LogP contribution is -2.26. The standard InChI is InChI=1S/C11H16BrN5O3S/c1-2-13-6-8-5-9(11(12)20-8)21(18,19)16-4-3-10-14-7-15-17-10/h5,7,13,16H,2-4,6H2,1H3,(H,14,15,17). The van der Waals surface area contributed by atoms with Crippen molar-refractivity contribution in [2.45, 2.75) is 24.8 Å². The molecule has 21 heavy (non-hydrogen) atoms. The molecule has 0 aliphatic heterocycles. The first-order valence-corrected chi connectivity index (χ1v) is 8.63. The summed E-state index contributed by atoms with van der Waals surface area (Å²) < 4.78 is 32.5. The van der Waals surface area contributed by atoms with Crippen LogP contribution in [0.5, 0.6) is 0 Å². The fourth-order valence-electron chi connectivity index (χ4n) is 1.65. The number of nitrogens with one attached hydrogen (secondary N) is 3. The Bertz CT molecular complexity index is 668. The summed E-state index contributed by atoms with van der Waals surface area (Å²) in [5.41, 5.74) is 0. The van der Waals surface area contributed by atoms with Crippen molar-refractivity contribution in [2.24, 2.45) is 0 Å². The third-order valence-electron chi connectivity index (χ3n) is 2.66. The second-order valence-electron chi connectivity index (χ2n) is 4.21. The van der Waals surface area contributed by atoms with E-state index < -0.39 is 10.0 Å². The molecule has 0 aliphatic rings. The van der Waals surface area contributed by atoms with E-state index in [2.05, 4.69) is 41.2 Å². The van der Waals surface area contributed by atoms with Crippen LogP contribution in [0.2, 0.25) is 0 Å². The van der Waals surface area contributed by atoms with E-state index in [1.807, 2.05) is 6.92 Å². The third-order valence-corrected chi connectivity index (χ3v) is 4.98. The van der Waals surface area contributed by atoms with Gasteiger partial charge in [0.1, 0.15) is 22.8 Å². The Morgan fingerprint density at radius 1 is 1.48 bits per heavy atom. The molecule has 0 aromatic carbocycles. The van der Waals surface area contributed by atoms with Crippen LogP contribution in [0.25, 0.3) is 0 Å². The Balaban J connectivity index is 1.99. The smallest absolute Gasteiger partial charge is 0.244 e. The van der Waals surface area contributed by atoms with Crippen molar-refractivity contribution in [3.05, 3.63) is 28.6 Å². The first-order chi connectivity index (χ1) is 10.0. The van der Waals surface area contributed by atoms with Crippen LogP contribution < -0.4 is 10.0 Å². The predicted molar refractivity (Wildman–Crippen MR) is 79.1 cm³/mol. The molecule has 0 saturated heterocycles. The van der Waals surface area contributed by atoms with Crippen LogP contribution in [0.4, 0.5) is 0 Å². The zero-order valence-electron chi connectivity index (χ0n) is 11.4. The number of sulfonamides is 1. The molecule has 0 saturated carbocycles. The van der Waals surface area contributed by atoms with E-state index in [9.17, 15) is 8.42 Å². The maximum Gasteiger partial charge on any atom is 0.244 e.